The van der Waals surface area contributed by atoms with E-state index in [0.717, 1.165) is 18.4 Å². The number of hydrogen-bond acceptors (Lipinski definition) is 4. The van der Waals surface area contributed by atoms with Crippen LogP contribution in [-0.2, 0) is 11.4 Å². The molecule has 3 N–H and O–H groups in total. The molecule has 0 unspecified atom stereocenters. The molecule has 1 aromatic carbocycles. The van der Waals surface area contributed by atoms with Crippen molar-refractivity contribution in [1.82, 2.24) is 0 Å². The minimum atomic E-state index is -0.777. The predicted octanol–water partition coefficient (Wildman–Crippen LogP) is 3.36. The number of aliphatic hydroxyl groups is 2. The van der Waals surface area contributed by atoms with Gasteiger partial charge < -0.3 is 20.1 Å². The highest BCUT2D eigenvalue weighted by molar-refractivity contribution is 6.21. The molecular weight excluding hydrogens is 356 g/mol. The van der Waals surface area contributed by atoms with E-state index in [4.69, 9.17) is 21.4 Å². The number of allylic oxidation sites excluding steroid dienone is 2. The van der Waals surface area contributed by atoms with Crippen LogP contribution < -0.4 is 4.74 Å². The summed E-state index contributed by atoms with van der Waals surface area (Å²) in [7, 11) is 0. The number of carboxylic acids is 1. The largest absolute Gasteiger partial charge is 0.493 e. The fourth-order valence-electron chi connectivity index (χ4n) is 3.36. The molecule has 26 heavy (non-hydrogen) atoms. The minimum Gasteiger partial charge on any atom is -0.493 e. The number of alkyl halides is 1. The SMILES string of the molecule is O=C(O)CCC/C=C\C[C@@H]1[C@@H](COc2cccc(CO)c2)[C@H](O)C[C@H]1Cl. The van der Waals surface area contributed by atoms with Crippen molar-refractivity contribution < 1.29 is 24.9 Å². The maximum atomic E-state index is 10.5. The summed E-state index contributed by atoms with van der Waals surface area (Å²) in [6, 6.07) is 7.27. The Morgan fingerprint density at radius 2 is 2.12 bits per heavy atom. The number of halogens is 1. The van der Waals surface area contributed by atoms with E-state index in [0.29, 0.717) is 25.2 Å². The lowest BCUT2D eigenvalue weighted by atomic mass is 9.92. The number of aliphatic carboxylic acids is 1. The smallest absolute Gasteiger partial charge is 0.303 e. The molecule has 0 spiro atoms. The lowest BCUT2D eigenvalue weighted by Crippen LogP contribution is -2.27. The molecule has 0 heterocycles. The molecule has 0 aliphatic heterocycles. The quantitative estimate of drug-likeness (QED) is 0.328. The molecule has 0 saturated heterocycles. The molecule has 0 bridgehead atoms. The van der Waals surface area contributed by atoms with Gasteiger partial charge in [0.25, 0.3) is 0 Å². The summed E-state index contributed by atoms with van der Waals surface area (Å²) in [5.74, 6) is -0.0484. The number of aliphatic hydroxyl groups excluding tert-OH is 2. The first-order chi connectivity index (χ1) is 12.5. The molecule has 6 heteroatoms. The molecule has 1 saturated carbocycles. The van der Waals surface area contributed by atoms with Gasteiger partial charge in [-0.2, -0.15) is 0 Å². The second kappa shape index (κ2) is 10.6. The third-order valence-electron chi connectivity index (χ3n) is 4.84. The normalized spacial score (nSPS) is 25.7. The molecule has 0 amide bonds. The van der Waals surface area contributed by atoms with Gasteiger partial charge in [0.15, 0.2) is 0 Å². The van der Waals surface area contributed by atoms with E-state index in [1.54, 1.807) is 6.07 Å². The molecule has 144 valence electrons. The van der Waals surface area contributed by atoms with Crippen LogP contribution in [0.15, 0.2) is 36.4 Å². The summed E-state index contributed by atoms with van der Waals surface area (Å²) in [4.78, 5) is 10.5. The second-order valence-corrected chi connectivity index (χ2v) is 7.32. The van der Waals surface area contributed by atoms with Crippen LogP contribution in [0.25, 0.3) is 0 Å². The van der Waals surface area contributed by atoms with Gasteiger partial charge in [-0.1, -0.05) is 24.3 Å². The fourth-order valence-corrected chi connectivity index (χ4v) is 3.83. The van der Waals surface area contributed by atoms with E-state index in [1.807, 2.05) is 30.4 Å². The molecule has 1 aliphatic rings. The number of benzene rings is 1. The second-order valence-electron chi connectivity index (χ2n) is 6.76. The monoisotopic (exact) mass is 382 g/mol. The average molecular weight is 383 g/mol. The van der Waals surface area contributed by atoms with Crippen molar-refractivity contribution in [2.75, 3.05) is 6.61 Å². The van der Waals surface area contributed by atoms with Crippen LogP contribution in [-0.4, -0.2) is 39.4 Å². The van der Waals surface area contributed by atoms with Crippen LogP contribution in [0.4, 0.5) is 0 Å². The highest BCUT2D eigenvalue weighted by Gasteiger charge is 2.41. The summed E-state index contributed by atoms with van der Waals surface area (Å²) in [6.45, 7) is 0.332. The minimum absolute atomic E-state index is 0.0394. The van der Waals surface area contributed by atoms with Crippen LogP contribution in [0.2, 0.25) is 0 Å². The van der Waals surface area contributed by atoms with Gasteiger partial charge in [-0.3, -0.25) is 4.79 Å². The molecule has 0 aromatic heterocycles. The molecule has 0 radical (unpaired) electrons. The van der Waals surface area contributed by atoms with Crippen molar-refractivity contribution >= 4 is 17.6 Å². The van der Waals surface area contributed by atoms with Gasteiger partial charge in [0.1, 0.15) is 5.75 Å². The predicted molar refractivity (Wildman–Crippen MR) is 100 cm³/mol. The Balaban J connectivity index is 1.86. The summed E-state index contributed by atoms with van der Waals surface area (Å²) in [6.07, 6.45) is 6.32. The lowest BCUT2D eigenvalue weighted by molar-refractivity contribution is -0.137. The van der Waals surface area contributed by atoms with E-state index in [-0.39, 0.29) is 30.2 Å². The van der Waals surface area contributed by atoms with Crippen molar-refractivity contribution in [2.24, 2.45) is 11.8 Å². The van der Waals surface area contributed by atoms with E-state index >= 15 is 0 Å². The van der Waals surface area contributed by atoms with Gasteiger partial charge in [-0.15, -0.1) is 11.6 Å². The van der Waals surface area contributed by atoms with Gasteiger partial charge in [0.2, 0.25) is 0 Å². The molecule has 1 fully saturated rings. The molecule has 4 atom stereocenters. The van der Waals surface area contributed by atoms with Crippen molar-refractivity contribution in [1.29, 1.82) is 0 Å². The van der Waals surface area contributed by atoms with Gasteiger partial charge >= 0.3 is 5.97 Å². The van der Waals surface area contributed by atoms with Gasteiger partial charge in [0, 0.05) is 17.7 Å². The highest BCUT2D eigenvalue weighted by atomic mass is 35.5. The molecule has 5 nitrogen and oxygen atoms in total. The summed E-state index contributed by atoms with van der Waals surface area (Å²) >= 11 is 6.42. The van der Waals surface area contributed by atoms with Crippen molar-refractivity contribution in [2.45, 2.75) is 50.2 Å². The van der Waals surface area contributed by atoms with Crippen LogP contribution in [0.5, 0.6) is 5.75 Å². The Bertz CT molecular complexity index is 604. The van der Waals surface area contributed by atoms with E-state index in [1.165, 1.54) is 0 Å². The highest BCUT2D eigenvalue weighted by Crippen LogP contribution is 2.39. The Morgan fingerprint density at radius 3 is 2.85 bits per heavy atom. The third-order valence-corrected chi connectivity index (χ3v) is 5.34. The van der Waals surface area contributed by atoms with Crippen LogP contribution in [0, 0.1) is 11.8 Å². The molecular formula is C20H27ClO5. The summed E-state index contributed by atoms with van der Waals surface area (Å²) in [5, 5.41) is 28.0. The maximum absolute atomic E-state index is 10.5. The van der Waals surface area contributed by atoms with Crippen molar-refractivity contribution in [3.05, 3.63) is 42.0 Å². The Labute approximate surface area is 159 Å². The maximum Gasteiger partial charge on any atom is 0.303 e. The number of rotatable bonds is 10. The van der Waals surface area contributed by atoms with Crippen molar-refractivity contribution in [3.8, 4) is 5.75 Å². The Kier molecular flexibility index (Phi) is 8.42. The first-order valence-corrected chi connectivity index (χ1v) is 9.46. The number of ether oxygens (including phenoxy) is 1. The standard InChI is InChI=1S/C20H27ClO5/c21-18-11-19(23)17(13-26-15-7-5-6-14(10-15)12-22)16(18)8-3-1-2-4-9-20(24)25/h1,3,5-7,10,16-19,22-23H,2,4,8-9,11-13H2,(H,24,25)/b3-1-/t16-,17-,18-,19-/m1/s1. The summed E-state index contributed by atoms with van der Waals surface area (Å²) in [5.41, 5.74) is 0.783. The lowest BCUT2D eigenvalue weighted by Gasteiger charge is -2.22. The zero-order chi connectivity index (χ0) is 18.9. The number of carboxylic acid groups (broad SMARTS) is 1. The van der Waals surface area contributed by atoms with Gasteiger partial charge in [-0.05, 0) is 49.3 Å². The van der Waals surface area contributed by atoms with Crippen LogP contribution in [0.3, 0.4) is 0 Å². The van der Waals surface area contributed by atoms with E-state index in [9.17, 15) is 15.0 Å². The first kappa shape index (κ1) is 20.7. The van der Waals surface area contributed by atoms with E-state index in [2.05, 4.69) is 0 Å². The third kappa shape index (κ3) is 6.31. The zero-order valence-electron chi connectivity index (χ0n) is 14.8. The average Bonchev–Trinajstić information content (AvgIpc) is 2.89. The Hall–Kier alpha value is -1.56. The van der Waals surface area contributed by atoms with Gasteiger partial charge in [-0.25, -0.2) is 0 Å². The Morgan fingerprint density at radius 1 is 1.31 bits per heavy atom. The molecule has 1 aromatic rings. The van der Waals surface area contributed by atoms with Crippen molar-refractivity contribution in [3.63, 3.8) is 0 Å². The number of unbranched alkanes of at least 4 members (excludes halogenated alkanes) is 1. The number of carbonyl (C=O) groups is 1. The topological polar surface area (TPSA) is 87.0 Å². The fraction of sp³-hybridized carbons (Fsp3) is 0.550. The van der Waals surface area contributed by atoms with Gasteiger partial charge in [0.05, 0.1) is 19.3 Å². The zero-order valence-corrected chi connectivity index (χ0v) is 15.5. The molecule has 1 aliphatic carbocycles. The van der Waals surface area contributed by atoms with Crippen LogP contribution in [0.1, 0.15) is 37.7 Å². The number of hydrogen-bond donors (Lipinski definition) is 3. The molecule has 2 rings (SSSR count). The van der Waals surface area contributed by atoms with Crippen LogP contribution >= 0.6 is 11.6 Å². The van der Waals surface area contributed by atoms with E-state index < -0.39 is 12.1 Å². The summed E-state index contributed by atoms with van der Waals surface area (Å²) < 4.78 is 5.83. The first-order valence-electron chi connectivity index (χ1n) is 9.02.